The van der Waals surface area contributed by atoms with Crippen molar-refractivity contribution in [2.45, 2.75) is 26.1 Å². The van der Waals surface area contributed by atoms with E-state index in [2.05, 4.69) is 21.9 Å². The molecular weight excluding hydrogens is 364 g/mol. The first-order valence-electron chi connectivity index (χ1n) is 8.54. The molecule has 1 aliphatic heterocycles. The third-order valence-corrected chi connectivity index (χ3v) is 5.36. The molecule has 3 heterocycles. The molecule has 3 aromatic rings. The van der Waals surface area contributed by atoms with Crippen LogP contribution in [-0.2, 0) is 20.1 Å². The van der Waals surface area contributed by atoms with Crippen LogP contribution in [0.2, 0.25) is 0 Å². The van der Waals surface area contributed by atoms with Gasteiger partial charge in [0.05, 0.1) is 4.92 Å². The number of non-ortho nitro benzene ring substituents is 1. The van der Waals surface area contributed by atoms with Crippen LogP contribution in [-0.4, -0.2) is 30.3 Å². The molecule has 0 spiro atoms. The zero-order valence-corrected chi connectivity index (χ0v) is 15.8. The Labute approximate surface area is 160 Å². The lowest BCUT2D eigenvalue weighted by Crippen LogP contribution is -2.32. The van der Waals surface area contributed by atoms with Gasteiger partial charge in [-0.3, -0.25) is 15.1 Å². The second-order valence-corrected chi connectivity index (χ2v) is 7.01. The number of pyridine rings is 1. The van der Waals surface area contributed by atoms with Crippen molar-refractivity contribution in [2.75, 3.05) is 4.90 Å². The number of nitrogens with zero attached hydrogens (tertiary/aromatic N) is 6. The molecule has 0 aliphatic carbocycles. The molecule has 1 atom stereocenters. The number of nitro benzene ring substituents is 1. The van der Waals surface area contributed by atoms with Gasteiger partial charge in [-0.15, -0.1) is 5.10 Å². The summed E-state index contributed by atoms with van der Waals surface area (Å²) in [5, 5.41) is 15.7. The summed E-state index contributed by atoms with van der Waals surface area (Å²) in [6.45, 7) is 2.58. The monoisotopic (exact) mass is 382 g/mol. The van der Waals surface area contributed by atoms with Gasteiger partial charge in [-0.05, 0) is 49.3 Å². The van der Waals surface area contributed by atoms with Gasteiger partial charge in [-0.1, -0.05) is 0 Å². The number of hydrogen-bond donors (Lipinski definition) is 0. The lowest BCUT2D eigenvalue weighted by molar-refractivity contribution is -0.384. The van der Waals surface area contributed by atoms with E-state index in [0.717, 1.165) is 29.1 Å². The van der Waals surface area contributed by atoms with Crippen LogP contribution in [0.3, 0.4) is 0 Å². The van der Waals surface area contributed by atoms with Gasteiger partial charge < -0.3 is 9.47 Å². The van der Waals surface area contributed by atoms with E-state index in [9.17, 15) is 10.1 Å². The summed E-state index contributed by atoms with van der Waals surface area (Å²) in [5.74, 6) is 0.754. The Morgan fingerprint density at radius 3 is 2.89 bits per heavy atom. The summed E-state index contributed by atoms with van der Waals surface area (Å²) in [6, 6.07) is 9.02. The van der Waals surface area contributed by atoms with Gasteiger partial charge in [0.1, 0.15) is 6.67 Å². The second kappa shape index (κ2) is 6.58. The number of anilines is 1. The molecule has 2 aromatic heterocycles. The predicted octanol–water partition coefficient (Wildman–Crippen LogP) is 3.33. The van der Waals surface area contributed by atoms with Crippen LogP contribution in [0, 0.1) is 14.9 Å². The van der Waals surface area contributed by atoms with Crippen molar-refractivity contribution >= 4 is 23.6 Å². The van der Waals surface area contributed by atoms with Gasteiger partial charge in [0.2, 0.25) is 0 Å². The van der Waals surface area contributed by atoms with E-state index in [-0.39, 0.29) is 16.7 Å². The molecular formula is C18H18N6O2S. The van der Waals surface area contributed by atoms with Gasteiger partial charge >= 0.3 is 0 Å². The molecule has 27 heavy (non-hydrogen) atoms. The molecule has 1 aromatic carbocycles. The van der Waals surface area contributed by atoms with Gasteiger partial charge in [0.15, 0.2) is 10.6 Å². The molecule has 0 bridgehead atoms. The van der Waals surface area contributed by atoms with Crippen molar-refractivity contribution in [2.24, 2.45) is 7.05 Å². The zero-order chi connectivity index (χ0) is 19.1. The molecule has 0 amide bonds. The van der Waals surface area contributed by atoms with Crippen LogP contribution in [0.25, 0.3) is 11.4 Å². The maximum Gasteiger partial charge on any atom is 0.269 e. The van der Waals surface area contributed by atoms with Crippen LogP contribution >= 0.6 is 12.2 Å². The van der Waals surface area contributed by atoms with E-state index in [1.807, 2.05) is 29.8 Å². The Morgan fingerprint density at radius 2 is 2.19 bits per heavy atom. The van der Waals surface area contributed by atoms with E-state index < -0.39 is 0 Å². The van der Waals surface area contributed by atoms with Crippen molar-refractivity contribution in [1.29, 1.82) is 0 Å². The summed E-state index contributed by atoms with van der Waals surface area (Å²) in [5.41, 5.74) is 2.99. The molecule has 138 valence electrons. The minimum Gasteiger partial charge on any atom is -0.349 e. The van der Waals surface area contributed by atoms with Crippen LogP contribution in [0.5, 0.6) is 0 Å². The standard InChI is InChI=1S/C18H18N6O2S/c1-12-8-14-9-15(24(25)26)5-6-16(14)22(12)11-23-18(27)21(2)17(20-23)13-4-3-7-19-10-13/h3-7,9-10,12H,8,11H2,1-2H3/t12-/m0/s1. The fraction of sp³-hybridized carbons (Fsp3) is 0.278. The van der Waals surface area contributed by atoms with E-state index in [1.165, 1.54) is 0 Å². The van der Waals surface area contributed by atoms with Crippen LogP contribution in [0.1, 0.15) is 12.5 Å². The van der Waals surface area contributed by atoms with Crippen molar-refractivity contribution < 1.29 is 4.92 Å². The van der Waals surface area contributed by atoms with Crippen molar-refractivity contribution in [1.82, 2.24) is 19.3 Å². The summed E-state index contributed by atoms with van der Waals surface area (Å²) < 4.78 is 4.26. The van der Waals surface area contributed by atoms with Gasteiger partial charge in [0, 0.05) is 48.9 Å². The number of rotatable bonds is 4. The Hall–Kier alpha value is -3.07. The third kappa shape index (κ3) is 2.99. The molecule has 9 heteroatoms. The number of nitro groups is 1. The lowest BCUT2D eigenvalue weighted by atomic mass is 10.1. The summed E-state index contributed by atoms with van der Waals surface area (Å²) >= 11 is 5.57. The highest BCUT2D eigenvalue weighted by molar-refractivity contribution is 7.71. The molecule has 0 radical (unpaired) electrons. The molecule has 0 fully saturated rings. The largest absolute Gasteiger partial charge is 0.349 e. The average Bonchev–Trinajstić information content (AvgIpc) is 3.13. The van der Waals surface area contributed by atoms with E-state index in [4.69, 9.17) is 12.2 Å². The van der Waals surface area contributed by atoms with Gasteiger partial charge in [-0.2, -0.15) is 0 Å². The van der Waals surface area contributed by atoms with Crippen LogP contribution in [0.4, 0.5) is 11.4 Å². The Balaban J connectivity index is 1.68. The van der Waals surface area contributed by atoms with Gasteiger partial charge in [-0.25, -0.2) is 4.68 Å². The SMILES string of the molecule is C[C@H]1Cc2cc([N+](=O)[O-])ccc2N1Cn1nc(-c2cccnc2)n(C)c1=S. The molecule has 0 saturated heterocycles. The first kappa shape index (κ1) is 17.3. The van der Waals surface area contributed by atoms with E-state index in [0.29, 0.717) is 11.4 Å². The van der Waals surface area contributed by atoms with Crippen LogP contribution in [0.15, 0.2) is 42.7 Å². The predicted molar refractivity (Wildman–Crippen MR) is 104 cm³/mol. The first-order chi connectivity index (χ1) is 13.0. The molecule has 0 N–H and O–H groups in total. The normalized spacial score (nSPS) is 15.8. The second-order valence-electron chi connectivity index (χ2n) is 6.64. The third-order valence-electron chi connectivity index (χ3n) is 4.88. The Kier molecular flexibility index (Phi) is 4.23. The quantitative estimate of drug-likeness (QED) is 0.391. The maximum atomic E-state index is 11.0. The van der Waals surface area contributed by atoms with E-state index in [1.54, 1.807) is 29.2 Å². The highest BCUT2D eigenvalue weighted by atomic mass is 32.1. The molecule has 0 saturated carbocycles. The zero-order valence-electron chi connectivity index (χ0n) is 14.9. The molecule has 8 nitrogen and oxygen atoms in total. The molecule has 0 unspecified atom stereocenters. The molecule has 4 rings (SSSR count). The minimum absolute atomic E-state index is 0.121. The summed E-state index contributed by atoms with van der Waals surface area (Å²) in [7, 11) is 1.89. The average molecular weight is 382 g/mol. The lowest BCUT2D eigenvalue weighted by Gasteiger charge is -2.24. The first-order valence-corrected chi connectivity index (χ1v) is 8.94. The number of aromatic nitrogens is 4. The fourth-order valence-corrected chi connectivity index (χ4v) is 3.67. The highest BCUT2D eigenvalue weighted by Gasteiger charge is 2.28. The summed E-state index contributed by atoms with van der Waals surface area (Å²) in [6.07, 6.45) is 4.23. The van der Waals surface area contributed by atoms with Crippen LogP contribution < -0.4 is 4.90 Å². The summed E-state index contributed by atoms with van der Waals surface area (Å²) in [4.78, 5) is 17.0. The Bertz CT molecular complexity index is 1080. The highest BCUT2D eigenvalue weighted by Crippen LogP contribution is 2.35. The van der Waals surface area contributed by atoms with E-state index >= 15 is 0 Å². The number of hydrogen-bond acceptors (Lipinski definition) is 6. The minimum atomic E-state index is -0.359. The van der Waals surface area contributed by atoms with Crippen molar-refractivity contribution in [3.05, 3.63) is 63.2 Å². The number of benzene rings is 1. The van der Waals surface area contributed by atoms with Gasteiger partial charge in [0.25, 0.3) is 5.69 Å². The maximum absolute atomic E-state index is 11.0. The smallest absolute Gasteiger partial charge is 0.269 e. The topological polar surface area (TPSA) is 82.0 Å². The van der Waals surface area contributed by atoms with Crippen molar-refractivity contribution in [3.63, 3.8) is 0 Å². The fourth-order valence-electron chi connectivity index (χ4n) is 3.48. The number of fused-ring (bicyclic) bond motifs is 1. The van der Waals surface area contributed by atoms with Crippen molar-refractivity contribution in [3.8, 4) is 11.4 Å². The molecule has 1 aliphatic rings. The Morgan fingerprint density at radius 1 is 1.37 bits per heavy atom.